The van der Waals surface area contributed by atoms with E-state index in [4.69, 9.17) is 19.0 Å². The van der Waals surface area contributed by atoms with Gasteiger partial charge in [0.25, 0.3) is 0 Å². The minimum Gasteiger partial charge on any atom is -0.399 e. The fourth-order valence-corrected chi connectivity index (χ4v) is 4.99. The maximum Gasteiger partial charge on any atom is 0.537 e. The summed E-state index contributed by atoms with van der Waals surface area (Å²) in [5.74, 6) is 1.23. The van der Waals surface area contributed by atoms with Gasteiger partial charge in [0, 0.05) is 30.7 Å². The average molecular weight is 340 g/mol. The zero-order chi connectivity index (χ0) is 17.5. The van der Waals surface area contributed by atoms with Crippen LogP contribution >= 0.6 is 0 Å². The molecule has 1 rings (SSSR count). The van der Waals surface area contributed by atoms with E-state index in [1.807, 2.05) is 24.3 Å². The summed E-state index contributed by atoms with van der Waals surface area (Å²) in [7, 11) is -2.97. The van der Waals surface area contributed by atoms with E-state index in [2.05, 4.69) is 41.5 Å². The second-order valence-corrected chi connectivity index (χ2v) is 9.85. The van der Waals surface area contributed by atoms with E-state index in [0.29, 0.717) is 43.3 Å². The van der Waals surface area contributed by atoms with E-state index in [-0.39, 0.29) is 0 Å². The van der Waals surface area contributed by atoms with Crippen molar-refractivity contribution in [1.82, 2.24) is 0 Å². The monoisotopic (exact) mass is 339 g/mol. The Balaban J connectivity index is 3.13. The van der Waals surface area contributed by atoms with Gasteiger partial charge in [0.1, 0.15) is 0 Å². The number of hydrogen-bond donors (Lipinski definition) is 1. The summed E-state index contributed by atoms with van der Waals surface area (Å²) >= 11 is 0. The van der Waals surface area contributed by atoms with E-state index < -0.39 is 8.80 Å². The van der Waals surface area contributed by atoms with Gasteiger partial charge in [-0.2, -0.15) is 0 Å². The number of nitrogens with two attached hydrogens (primary N) is 1. The minimum atomic E-state index is -2.97. The highest BCUT2D eigenvalue weighted by Gasteiger charge is 2.44. The molecule has 0 amide bonds. The highest BCUT2D eigenvalue weighted by Crippen LogP contribution is 2.17. The third kappa shape index (κ3) is 7.04. The Hall–Kier alpha value is -0.883. The first-order valence-corrected chi connectivity index (χ1v) is 10.3. The topological polar surface area (TPSA) is 53.7 Å². The first-order valence-electron chi connectivity index (χ1n) is 8.53. The molecular formula is C18H33NO3Si. The van der Waals surface area contributed by atoms with E-state index in [9.17, 15) is 0 Å². The highest BCUT2D eigenvalue weighted by atomic mass is 28.4. The second kappa shape index (κ2) is 9.42. The maximum atomic E-state index is 6.27. The smallest absolute Gasteiger partial charge is 0.399 e. The van der Waals surface area contributed by atoms with Gasteiger partial charge in [-0.3, -0.25) is 0 Å². The lowest BCUT2D eigenvalue weighted by atomic mass is 10.2. The molecule has 0 atom stereocenters. The summed E-state index contributed by atoms with van der Waals surface area (Å²) < 4.78 is 18.8. The van der Waals surface area contributed by atoms with Gasteiger partial charge in [-0.25, -0.2) is 0 Å². The van der Waals surface area contributed by atoms with Crippen molar-refractivity contribution in [2.75, 3.05) is 25.6 Å². The summed E-state index contributed by atoms with van der Waals surface area (Å²) in [5, 5.41) is 0.944. The number of anilines is 1. The molecule has 0 aliphatic rings. The molecule has 0 spiro atoms. The Morgan fingerprint density at radius 3 is 1.61 bits per heavy atom. The maximum absolute atomic E-state index is 6.27. The van der Waals surface area contributed by atoms with Crippen LogP contribution in [0.25, 0.3) is 0 Å². The van der Waals surface area contributed by atoms with Gasteiger partial charge in [-0.05, 0) is 29.9 Å². The molecule has 23 heavy (non-hydrogen) atoms. The van der Waals surface area contributed by atoms with Crippen LogP contribution in [0.3, 0.4) is 0 Å². The predicted molar refractivity (Wildman–Crippen MR) is 98.6 cm³/mol. The Morgan fingerprint density at radius 1 is 0.826 bits per heavy atom. The molecule has 0 saturated heterocycles. The molecule has 0 fully saturated rings. The van der Waals surface area contributed by atoms with Crippen molar-refractivity contribution >= 4 is 19.7 Å². The van der Waals surface area contributed by atoms with E-state index in [0.717, 1.165) is 5.19 Å². The second-order valence-electron chi connectivity index (χ2n) is 7.30. The van der Waals surface area contributed by atoms with Crippen LogP contribution in [0.1, 0.15) is 41.5 Å². The van der Waals surface area contributed by atoms with Crippen LogP contribution in [-0.2, 0) is 13.3 Å². The van der Waals surface area contributed by atoms with Gasteiger partial charge in [0.15, 0.2) is 0 Å². The van der Waals surface area contributed by atoms with Crippen LogP contribution in [0, 0.1) is 17.8 Å². The molecule has 0 aliphatic heterocycles. The Kier molecular flexibility index (Phi) is 8.26. The molecular weight excluding hydrogens is 306 g/mol. The zero-order valence-electron chi connectivity index (χ0n) is 15.5. The Bertz CT molecular complexity index is 432. The van der Waals surface area contributed by atoms with E-state index in [1.165, 1.54) is 0 Å². The molecule has 4 nitrogen and oxygen atoms in total. The normalized spacial score (nSPS) is 12.6. The van der Waals surface area contributed by atoms with Gasteiger partial charge in [0.2, 0.25) is 0 Å². The Morgan fingerprint density at radius 2 is 1.26 bits per heavy atom. The zero-order valence-corrected chi connectivity index (χ0v) is 16.5. The molecule has 1 aromatic rings. The molecule has 0 radical (unpaired) electrons. The summed E-state index contributed by atoms with van der Waals surface area (Å²) in [4.78, 5) is 0. The highest BCUT2D eigenvalue weighted by molar-refractivity contribution is 6.75. The molecule has 2 N–H and O–H groups in total. The van der Waals surface area contributed by atoms with E-state index in [1.54, 1.807) is 0 Å². The van der Waals surface area contributed by atoms with Crippen molar-refractivity contribution in [2.24, 2.45) is 17.8 Å². The molecule has 0 bridgehead atoms. The molecule has 0 unspecified atom stereocenters. The van der Waals surface area contributed by atoms with Crippen LogP contribution in [0.4, 0.5) is 5.69 Å². The molecule has 0 aromatic heterocycles. The first-order chi connectivity index (χ1) is 10.7. The van der Waals surface area contributed by atoms with Gasteiger partial charge in [-0.1, -0.05) is 53.7 Å². The molecule has 0 heterocycles. The van der Waals surface area contributed by atoms with Gasteiger partial charge < -0.3 is 19.0 Å². The fourth-order valence-electron chi connectivity index (χ4n) is 1.93. The summed E-state index contributed by atoms with van der Waals surface area (Å²) in [6, 6.07) is 7.73. The van der Waals surface area contributed by atoms with Crippen molar-refractivity contribution in [1.29, 1.82) is 0 Å². The van der Waals surface area contributed by atoms with Crippen LogP contribution in [0.2, 0.25) is 0 Å². The third-order valence-electron chi connectivity index (χ3n) is 3.06. The molecule has 1 aromatic carbocycles. The lowest BCUT2D eigenvalue weighted by Gasteiger charge is -2.32. The lowest BCUT2D eigenvalue weighted by Crippen LogP contribution is -2.58. The third-order valence-corrected chi connectivity index (χ3v) is 5.72. The lowest BCUT2D eigenvalue weighted by molar-refractivity contribution is 0.0495. The van der Waals surface area contributed by atoms with Crippen LogP contribution in [0.15, 0.2) is 24.3 Å². The van der Waals surface area contributed by atoms with Crippen molar-refractivity contribution in [3.8, 4) is 0 Å². The average Bonchev–Trinajstić information content (AvgIpc) is 2.46. The summed E-state index contributed by atoms with van der Waals surface area (Å²) in [5.41, 5.74) is 6.68. The molecule has 5 heteroatoms. The molecule has 0 aliphatic carbocycles. The van der Waals surface area contributed by atoms with Crippen LogP contribution < -0.4 is 10.9 Å². The minimum absolute atomic E-state index is 0.410. The van der Waals surface area contributed by atoms with Crippen LogP contribution in [0.5, 0.6) is 0 Å². The van der Waals surface area contributed by atoms with E-state index >= 15 is 0 Å². The van der Waals surface area contributed by atoms with Crippen molar-refractivity contribution < 1.29 is 13.3 Å². The fraction of sp³-hybridized carbons (Fsp3) is 0.667. The first kappa shape index (κ1) is 20.2. The molecule has 132 valence electrons. The van der Waals surface area contributed by atoms with Gasteiger partial charge >= 0.3 is 8.80 Å². The largest absolute Gasteiger partial charge is 0.537 e. The van der Waals surface area contributed by atoms with Crippen molar-refractivity contribution in [2.45, 2.75) is 41.5 Å². The SMILES string of the molecule is CC(C)CO[Si](OCC(C)C)(OCC(C)C)c1cccc(N)c1. The quantitative estimate of drug-likeness (QED) is 0.524. The van der Waals surface area contributed by atoms with Crippen LogP contribution in [-0.4, -0.2) is 28.6 Å². The summed E-state index contributed by atoms with van der Waals surface area (Å²) in [6.45, 7) is 14.6. The van der Waals surface area contributed by atoms with Gasteiger partial charge in [-0.15, -0.1) is 0 Å². The number of benzene rings is 1. The predicted octanol–water partition coefficient (Wildman–Crippen LogP) is 3.43. The van der Waals surface area contributed by atoms with Crippen molar-refractivity contribution in [3.05, 3.63) is 24.3 Å². The molecule has 0 saturated carbocycles. The number of nitrogen functional groups attached to an aromatic ring is 1. The standard InChI is InChI=1S/C18H33NO3Si/c1-14(2)11-20-23(21-12-15(3)4,22-13-16(5)6)18-9-7-8-17(19)10-18/h7-10,14-16H,11-13,19H2,1-6H3. The van der Waals surface area contributed by atoms with Gasteiger partial charge in [0.05, 0.1) is 0 Å². The Labute approximate surface area is 142 Å². The number of hydrogen-bond acceptors (Lipinski definition) is 4. The number of rotatable bonds is 10. The van der Waals surface area contributed by atoms with Crippen molar-refractivity contribution in [3.63, 3.8) is 0 Å². The summed E-state index contributed by atoms with van der Waals surface area (Å²) in [6.07, 6.45) is 0.